The van der Waals surface area contributed by atoms with Gasteiger partial charge in [0.2, 0.25) is 5.69 Å². The van der Waals surface area contributed by atoms with E-state index in [0.717, 1.165) is 5.56 Å². The normalized spacial score (nSPS) is 10.5. The van der Waals surface area contributed by atoms with Gasteiger partial charge < -0.3 is 0 Å². The fourth-order valence-corrected chi connectivity index (χ4v) is 2.41. The Kier molecular flexibility index (Phi) is 3.30. The minimum absolute atomic E-state index is 1.15. The van der Waals surface area contributed by atoms with Gasteiger partial charge >= 0.3 is 0 Å². The van der Waals surface area contributed by atoms with Gasteiger partial charge in [0.25, 0.3) is 0 Å². The maximum absolute atomic E-state index is 4.20. The van der Waals surface area contributed by atoms with Gasteiger partial charge in [0.05, 0.1) is 0 Å². The molecule has 0 N–H and O–H groups in total. The Bertz CT molecular complexity index is 733. The Morgan fingerprint density at radius 3 is 2.60 bits per heavy atom. The molecule has 2 heterocycles. The van der Waals surface area contributed by atoms with Crippen molar-refractivity contribution in [2.75, 3.05) is 0 Å². The second-order valence-corrected chi connectivity index (χ2v) is 4.97. The minimum Gasteiger partial charge on any atom is -0.264 e. The van der Waals surface area contributed by atoms with Gasteiger partial charge in [-0.05, 0) is 36.2 Å². The molecule has 0 amide bonds. The van der Waals surface area contributed by atoms with Crippen LogP contribution in [0, 0.1) is 6.92 Å². The van der Waals surface area contributed by atoms with Crippen molar-refractivity contribution in [1.29, 1.82) is 0 Å². The molecular formula is C18H17N2+. The van der Waals surface area contributed by atoms with Crippen molar-refractivity contribution >= 4 is 0 Å². The molecule has 0 fully saturated rings. The van der Waals surface area contributed by atoms with Crippen molar-refractivity contribution in [2.24, 2.45) is 7.05 Å². The van der Waals surface area contributed by atoms with Crippen LogP contribution in [-0.4, -0.2) is 4.98 Å². The lowest BCUT2D eigenvalue weighted by molar-refractivity contribution is -0.660. The Morgan fingerprint density at radius 1 is 0.950 bits per heavy atom. The minimum atomic E-state index is 1.15. The summed E-state index contributed by atoms with van der Waals surface area (Å²) in [5, 5.41) is 0. The number of aromatic nitrogens is 2. The van der Waals surface area contributed by atoms with E-state index in [9.17, 15) is 0 Å². The highest BCUT2D eigenvalue weighted by Crippen LogP contribution is 2.27. The topological polar surface area (TPSA) is 16.8 Å². The van der Waals surface area contributed by atoms with Crippen LogP contribution >= 0.6 is 0 Å². The summed E-state index contributed by atoms with van der Waals surface area (Å²) in [6, 6.07) is 16.9. The standard InChI is InChI=1S/C18H17N2/c1-14-8-9-15(16-6-5-10-19-13-16)12-17(14)18-7-3-4-11-20(18)2/h3-13H,1-2H3/q+1. The van der Waals surface area contributed by atoms with Crippen LogP contribution in [0.25, 0.3) is 22.4 Å². The molecule has 2 heteroatoms. The molecule has 0 unspecified atom stereocenters. The molecule has 0 bridgehead atoms. The zero-order chi connectivity index (χ0) is 13.9. The van der Waals surface area contributed by atoms with Crippen LogP contribution in [0.3, 0.4) is 0 Å². The summed E-state index contributed by atoms with van der Waals surface area (Å²) in [6.45, 7) is 2.15. The summed E-state index contributed by atoms with van der Waals surface area (Å²) in [5.41, 5.74) is 6.10. The molecule has 1 aromatic carbocycles. The van der Waals surface area contributed by atoms with Crippen molar-refractivity contribution < 1.29 is 4.57 Å². The molecule has 2 nitrogen and oxygen atoms in total. The smallest absolute Gasteiger partial charge is 0.212 e. The van der Waals surface area contributed by atoms with Gasteiger partial charge in [-0.1, -0.05) is 18.2 Å². The first-order valence-electron chi connectivity index (χ1n) is 6.72. The maximum atomic E-state index is 4.20. The van der Waals surface area contributed by atoms with E-state index in [-0.39, 0.29) is 0 Å². The number of benzene rings is 1. The zero-order valence-electron chi connectivity index (χ0n) is 11.7. The Morgan fingerprint density at radius 2 is 1.85 bits per heavy atom. The Balaban J connectivity index is 2.15. The second kappa shape index (κ2) is 5.25. The van der Waals surface area contributed by atoms with Crippen molar-refractivity contribution in [2.45, 2.75) is 6.92 Å². The van der Waals surface area contributed by atoms with Gasteiger partial charge in [-0.25, -0.2) is 4.57 Å². The fourth-order valence-electron chi connectivity index (χ4n) is 2.41. The second-order valence-electron chi connectivity index (χ2n) is 4.97. The number of hydrogen-bond donors (Lipinski definition) is 0. The van der Waals surface area contributed by atoms with E-state index < -0.39 is 0 Å². The molecule has 0 atom stereocenters. The molecule has 2 aromatic heterocycles. The monoisotopic (exact) mass is 261 g/mol. The fraction of sp³-hybridized carbons (Fsp3) is 0.111. The van der Waals surface area contributed by atoms with Crippen LogP contribution < -0.4 is 4.57 Å². The molecule has 0 aliphatic carbocycles. The highest BCUT2D eigenvalue weighted by Gasteiger charge is 2.12. The molecule has 0 aliphatic heterocycles. The van der Waals surface area contributed by atoms with Crippen LogP contribution in [0.4, 0.5) is 0 Å². The highest BCUT2D eigenvalue weighted by molar-refractivity contribution is 5.72. The zero-order valence-corrected chi connectivity index (χ0v) is 11.7. The Hall–Kier alpha value is -2.48. The molecule has 98 valence electrons. The van der Waals surface area contributed by atoms with Crippen LogP contribution in [-0.2, 0) is 7.05 Å². The van der Waals surface area contributed by atoms with E-state index >= 15 is 0 Å². The molecule has 20 heavy (non-hydrogen) atoms. The predicted molar refractivity (Wildman–Crippen MR) is 81.0 cm³/mol. The third-order valence-electron chi connectivity index (χ3n) is 3.56. The largest absolute Gasteiger partial charge is 0.264 e. The first-order valence-corrected chi connectivity index (χ1v) is 6.72. The first-order chi connectivity index (χ1) is 9.75. The summed E-state index contributed by atoms with van der Waals surface area (Å²) in [7, 11) is 2.07. The number of pyridine rings is 2. The van der Waals surface area contributed by atoms with Crippen molar-refractivity contribution in [3.8, 4) is 22.4 Å². The quantitative estimate of drug-likeness (QED) is 0.645. The third kappa shape index (κ3) is 2.32. The van der Waals surface area contributed by atoms with Gasteiger partial charge in [-0.2, -0.15) is 0 Å². The van der Waals surface area contributed by atoms with E-state index in [2.05, 4.69) is 66.1 Å². The molecule has 0 spiro atoms. The molecule has 0 radical (unpaired) electrons. The summed E-state index contributed by atoms with van der Waals surface area (Å²) in [4.78, 5) is 4.20. The average molecular weight is 261 g/mol. The van der Waals surface area contributed by atoms with Crippen molar-refractivity contribution in [3.63, 3.8) is 0 Å². The van der Waals surface area contributed by atoms with E-state index in [1.807, 2.05) is 18.3 Å². The van der Waals surface area contributed by atoms with E-state index in [0.29, 0.717) is 0 Å². The molecule has 3 aromatic rings. The highest BCUT2D eigenvalue weighted by atomic mass is 14.9. The lowest BCUT2D eigenvalue weighted by Gasteiger charge is -2.07. The average Bonchev–Trinajstić information content (AvgIpc) is 2.49. The SMILES string of the molecule is Cc1ccc(-c2cccnc2)cc1-c1cccc[n+]1C. The van der Waals surface area contributed by atoms with Gasteiger partial charge in [-0.15, -0.1) is 0 Å². The van der Waals surface area contributed by atoms with E-state index in [1.165, 1.54) is 22.4 Å². The van der Waals surface area contributed by atoms with Crippen LogP contribution in [0.5, 0.6) is 0 Å². The molecule has 0 saturated carbocycles. The van der Waals surface area contributed by atoms with Gasteiger partial charge in [-0.3, -0.25) is 4.98 Å². The number of nitrogens with zero attached hydrogens (tertiary/aromatic N) is 2. The number of rotatable bonds is 2. The van der Waals surface area contributed by atoms with E-state index in [4.69, 9.17) is 0 Å². The first kappa shape index (κ1) is 12.5. The summed E-state index contributed by atoms with van der Waals surface area (Å²) >= 11 is 0. The maximum Gasteiger partial charge on any atom is 0.212 e. The predicted octanol–water partition coefficient (Wildman–Crippen LogP) is 3.55. The summed E-state index contributed by atoms with van der Waals surface area (Å²) < 4.78 is 2.15. The molecule has 0 aliphatic rings. The van der Waals surface area contributed by atoms with Gasteiger partial charge in [0.15, 0.2) is 6.20 Å². The molecule has 3 rings (SSSR count). The van der Waals surface area contributed by atoms with Crippen LogP contribution in [0.2, 0.25) is 0 Å². The van der Waals surface area contributed by atoms with Crippen molar-refractivity contribution in [3.05, 3.63) is 72.7 Å². The van der Waals surface area contributed by atoms with Crippen LogP contribution in [0.15, 0.2) is 67.1 Å². The Labute approximate surface area is 119 Å². The number of aryl methyl sites for hydroxylation is 2. The lowest BCUT2D eigenvalue weighted by atomic mass is 9.98. The van der Waals surface area contributed by atoms with Gasteiger partial charge in [0.1, 0.15) is 7.05 Å². The van der Waals surface area contributed by atoms with Gasteiger partial charge in [0, 0.05) is 35.7 Å². The molecule has 0 saturated heterocycles. The summed E-state index contributed by atoms with van der Waals surface area (Å²) in [6.07, 6.45) is 5.78. The molecular weight excluding hydrogens is 244 g/mol. The third-order valence-corrected chi connectivity index (χ3v) is 3.56. The lowest BCUT2D eigenvalue weighted by Crippen LogP contribution is -2.30. The number of hydrogen-bond acceptors (Lipinski definition) is 1. The summed E-state index contributed by atoms with van der Waals surface area (Å²) in [5.74, 6) is 0. The van der Waals surface area contributed by atoms with Crippen molar-refractivity contribution in [1.82, 2.24) is 4.98 Å². The van der Waals surface area contributed by atoms with E-state index in [1.54, 1.807) is 6.20 Å². The van der Waals surface area contributed by atoms with Crippen LogP contribution in [0.1, 0.15) is 5.56 Å².